The van der Waals surface area contributed by atoms with Crippen LogP contribution in [0.5, 0.6) is 0 Å². The molecule has 1 N–H and O–H groups in total. The predicted octanol–water partition coefficient (Wildman–Crippen LogP) is 0.427. The van der Waals surface area contributed by atoms with Gasteiger partial charge in [-0.3, -0.25) is 4.79 Å². The summed E-state index contributed by atoms with van der Waals surface area (Å²) in [7, 11) is 1.72. The Balaban J connectivity index is 1.52. The van der Waals surface area contributed by atoms with Crippen LogP contribution in [0.2, 0.25) is 0 Å². The number of nitrogens with one attached hydrogen (secondary N) is 1. The van der Waals surface area contributed by atoms with E-state index in [9.17, 15) is 4.79 Å². The highest BCUT2D eigenvalue weighted by Crippen LogP contribution is 2.22. The van der Waals surface area contributed by atoms with Gasteiger partial charge in [-0.25, -0.2) is 4.98 Å². The molecule has 1 fully saturated rings. The average molecular weight is 286 g/mol. The van der Waals surface area contributed by atoms with Crippen molar-refractivity contribution in [2.24, 2.45) is 13.0 Å². The zero-order chi connectivity index (χ0) is 14.8. The number of anilines is 2. The van der Waals surface area contributed by atoms with E-state index in [-0.39, 0.29) is 5.56 Å². The molecule has 1 aliphatic heterocycles. The number of aryl methyl sites for hydroxylation is 2. The van der Waals surface area contributed by atoms with Crippen LogP contribution in [-0.2, 0) is 7.05 Å². The van der Waals surface area contributed by atoms with Crippen molar-refractivity contribution >= 4 is 11.6 Å². The van der Waals surface area contributed by atoms with Gasteiger partial charge in [0.05, 0.1) is 5.69 Å². The van der Waals surface area contributed by atoms with Crippen molar-refractivity contribution < 1.29 is 0 Å². The Morgan fingerprint density at radius 1 is 1.33 bits per heavy atom. The molecule has 0 spiro atoms. The molecule has 0 saturated carbocycles. The summed E-state index contributed by atoms with van der Waals surface area (Å²) in [5, 5.41) is 11.4. The van der Waals surface area contributed by atoms with Crippen molar-refractivity contribution in [3.63, 3.8) is 0 Å². The van der Waals surface area contributed by atoms with E-state index >= 15 is 0 Å². The maximum absolute atomic E-state index is 11.8. The van der Waals surface area contributed by atoms with Crippen LogP contribution >= 0.6 is 0 Å². The fraction of sp³-hybridized carbons (Fsp3) is 0.429. The van der Waals surface area contributed by atoms with E-state index in [1.54, 1.807) is 19.4 Å². The first kappa shape index (κ1) is 13.5. The van der Waals surface area contributed by atoms with Gasteiger partial charge in [-0.15, -0.1) is 5.10 Å². The molecule has 0 radical (unpaired) electrons. The van der Waals surface area contributed by atoms with Crippen LogP contribution in [-0.4, -0.2) is 39.4 Å². The summed E-state index contributed by atoms with van der Waals surface area (Å²) in [5.74, 6) is 1.80. The molecule has 2 aromatic rings. The van der Waals surface area contributed by atoms with Crippen molar-refractivity contribution in [3.05, 3.63) is 40.6 Å². The normalized spacial score (nSPS) is 14.9. The minimum Gasteiger partial charge on any atom is -0.365 e. The Bertz CT molecular complexity index is 675. The van der Waals surface area contributed by atoms with Crippen molar-refractivity contribution in [3.8, 4) is 0 Å². The summed E-state index contributed by atoms with van der Waals surface area (Å²) >= 11 is 0. The summed E-state index contributed by atoms with van der Waals surface area (Å²) in [5.41, 5.74) is 0.821. The number of hydrogen-bond donors (Lipinski definition) is 1. The topological polar surface area (TPSA) is 75.9 Å². The van der Waals surface area contributed by atoms with Crippen molar-refractivity contribution in [1.29, 1.82) is 0 Å². The molecule has 7 nitrogen and oxygen atoms in total. The third-order valence-electron chi connectivity index (χ3n) is 3.64. The summed E-state index contributed by atoms with van der Waals surface area (Å²) in [6, 6.07) is 3.95. The van der Waals surface area contributed by atoms with Crippen LogP contribution in [0.4, 0.5) is 11.6 Å². The molecule has 1 aliphatic rings. The molecule has 0 aromatic carbocycles. The maximum Gasteiger partial charge on any atom is 0.293 e. The lowest BCUT2D eigenvalue weighted by Gasteiger charge is -2.39. The van der Waals surface area contributed by atoms with Crippen LogP contribution in [0.3, 0.4) is 0 Å². The first-order valence-electron chi connectivity index (χ1n) is 6.94. The second-order valence-corrected chi connectivity index (χ2v) is 5.38. The molecule has 3 rings (SSSR count). The van der Waals surface area contributed by atoms with Crippen molar-refractivity contribution in [1.82, 2.24) is 19.7 Å². The van der Waals surface area contributed by atoms with Crippen molar-refractivity contribution in [2.45, 2.75) is 6.92 Å². The molecule has 0 aliphatic carbocycles. The molecular formula is C14H18N6O. The monoisotopic (exact) mass is 286 g/mol. The fourth-order valence-corrected chi connectivity index (χ4v) is 2.31. The summed E-state index contributed by atoms with van der Waals surface area (Å²) in [4.78, 5) is 18.1. The zero-order valence-corrected chi connectivity index (χ0v) is 12.2. The maximum atomic E-state index is 11.8. The van der Waals surface area contributed by atoms with Crippen molar-refractivity contribution in [2.75, 3.05) is 29.9 Å². The lowest BCUT2D eigenvalue weighted by atomic mass is 10.0. The van der Waals surface area contributed by atoms with E-state index in [0.29, 0.717) is 11.7 Å². The van der Waals surface area contributed by atoms with Gasteiger partial charge in [0.15, 0.2) is 11.6 Å². The Kier molecular flexibility index (Phi) is 3.55. The molecule has 1 saturated heterocycles. The average Bonchev–Trinajstić information content (AvgIpc) is 2.43. The second kappa shape index (κ2) is 5.51. The molecule has 110 valence electrons. The highest BCUT2D eigenvalue weighted by Gasteiger charge is 2.27. The minimum absolute atomic E-state index is 0.0990. The summed E-state index contributed by atoms with van der Waals surface area (Å²) in [6.45, 7) is 4.49. The van der Waals surface area contributed by atoms with E-state index in [1.807, 2.05) is 19.1 Å². The first-order valence-corrected chi connectivity index (χ1v) is 6.94. The summed E-state index contributed by atoms with van der Waals surface area (Å²) in [6.07, 6.45) is 3.27. The molecule has 21 heavy (non-hydrogen) atoms. The van der Waals surface area contributed by atoms with Gasteiger partial charge in [0.1, 0.15) is 0 Å². The lowest BCUT2D eigenvalue weighted by molar-refractivity contribution is 0.425. The van der Waals surface area contributed by atoms with Gasteiger partial charge in [-0.1, -0.05) is 0 Å². The van der Waals surface area contributed by atoms with Crippen LogP contribution in [0.1, 0.15) is 5.69 Å². The molecule has 0 bridgehead atoms. The van der Waals surface area contributed by atoms with Gasteiger partial charge in [0.2, 0.25) is 0 Å². The van der Waals surface area contributed by atoms with Crippen LogP contribution < -0.4 is 15.8 Å². The fourth-order valence-electron chi connectivity index (χ4n) is 2.31. The molecule has 0 atom stereocenters. The standard InChI is InChI=1S/C14H18N6O/c1-10-3-4-12(18-17-10)20-8-11(9-20)7-16-13-14(21)19(2)6-5-15-13/h3-6,11H,7-9H2,1-2H3,(H,15,16). The molecule has 0 amide bonds. The first-order chi connectivity index (χ1) is 10.1. The third-order valence-corrected chi connectivity index (χ3v) is 3.64. The summed E-state index contributed by atoms with van der Waals surface area (Å²) < 4.78 is 1.52. The smallest absolute Gasteiger partial charge is 0.293 e. The van der Waals surface area contributed by atoms with E-state index in [1.165, 1.54) is 4.57 Å². The van der Waals surface area contributed by atoms with Gasteiger partial charge in [0.25, 0.3) is 5.56 Å². The largest absolute Gasteiger partial charge is 0.365 e. The Hall–Kier alpha value is -2.44. The van der Waals surface area contributed by atoms with Crippen LogP contribution in [0.25, 0.3) is 0 Å². The number of nitrogens with zero attached hydrogens (tertiary/aromatic N) is 5. The SMILES string of the molecule is Cc1ccc(N2CC(CNc3nccn(C)c3=O)C2)nn1. The molecule has 2 aromatic heterocycles. The minimum atomic E-state index is -0.0990. The Labute approximate surface area is 122 Å². The number of aromatic nitrogens is 4. The molecular weight excluding hydrogens is 268 g/mol. The van der Waals surface area contributed by atoms with E-state index < -0.39 is 0 Å². The van der Waals surface area contributed by atoms with E-state index in [4.69, 9.17) is 0 Å². The second-order valence-electron chi connectivity index (χ2n) is 5.38. The predicted molar refractivity (Wildman–Crippen MR) is 80.4 cm³/mol. The van der Waals surface area contributed by atoms with Gasteiger partial charge >= 0.3 is 0 Å². The van der Waals surface area contributed by atoms with Gasteiger partial charge < -0.3 is 14.8 Å². The molecule has 7 heteroatoms. The molecule has 3 heterocycles. The zero-order valence-electron chi connectivity index (χ0n) is 12.2. The van der Waals surface area contributed by atoms with E-state index in [0.717, 1.165) is 31.1 Å². The highest BCUT2D eigenvalue weighted by molar-refractivity contribution is 5.41. The lowest BCUT2D eigenvalue weighted by Crippen LogP contribution is -2.50. The Morgan fingerprint density at radius 2 is 2.14 bits per heavy atom. The number of rotatable bonds is 4. The number of hydrogen-bond acceptors (Lipinski definition) is 6. The Morgan fingerprint density at radius 3 is 2.86 bits per heavy atom. The highest BCUT2D eigenvalue weighted by atomic mass is 16.1. The van der Waals surface area contributed by atoms with Gasteiger partial charge in [0, 0.05) is 45.0 Å². The van der Waals surface area contributed by atoms with Gasteiger partial charge in [-0.2, -0.15) is 5.10 Å². The van der Waals surface area contributed by atoms with E-state index in [2.05, 4.69) is 25.4 Å². The van der Waals surface area contributed by atoms with Gasteiger partial charge in [-0.05, 0) is 19.1 Å². The quantitative estimate of drug-likeness (QED) is 0.878. The van der Waals surface area contributed by atoms with Crippen LogP contribution in [0, 0.1) is 12.8 Å². The third kappa shape index (κ3) is 2.86. The van der Waals surface area contributed by atoms with Crippen LogP contribution in [0.15, 0.2) is 29.3 Å². The molecule has 0 unspecified atom stereocenters.